The predicted octanol–water partition coefficient (Wildman–Crippen LogP) is 12.3. The van der Waals surface area contributed by atoms with Crippen molar-refractivity contribution in [2.24, 2.45) is 0 Å². The predicted molar refractivity (Wildman–Crippen MR) is 214 cm³/mol. The molecule has 5 heteroatoms. The van der Waals surface area contributed by atoms with Crippen molar-refractivity contribution in [2.45, 2.75) is 148 Å². The molecule has 5 nitrogen and oxygen atoms in total. The first-order valence-corrected chi connectivity index (χ1v) is 19.4. The lowest BCUT2D eigenvalue weighted by Crippen LogP contribution is -2.28. The number of unbranched alkanes of at least 4 members (excludes halogenated alkanes) is 7. The van der Waals surface area contributed by atoms with Crippen LogP contribution in [0.15, 0.2) is 109 Å². The van der Waals surface area contributed by atoms with Gasteiger partial charge in [0.2, 0.25) is 0 Å². The molecule has 0 radical (unpaired) electrons. The highest BCUT2D eigenvalue weighted by Gasteiger charge is 2.15. The molecule has 0 aromatic heterocycles. The largest absolute Gasteiger partial charge is 0.462 e. The summed E-state index contributed by atoms with van der Waals surface area (Å²) in [5.74, 6) is -0.708. The number of aliphatic hydroxyl groups is 1. The second-order valence-electron chi connectivity index (χ2n) is 12.3. The molecule has 0 rings (SSSR count). The van der Waals surface area contributed by atoms with Gasteiger partial charge in [-0.2, -0.15) is 0 Å². The van der Waals surface area contributed by atoms with Crippen LogP contribution in [0, 0.1) is 0 Å². The Labute approximate surface area is 306 Å². The van der Waals surface area contributed by atoms with E-state index in [1.165, 1.54) is 25.7 Å². The first-order valence-electron chi connectivity index (χ1n) is 19.4. The summed E-state index contributed by atoms with van der Waals surface area (Å²) in [6, 6.07) is 0. The molecule has 0 bridgehead atoms. The van der Waals surface area contributed by atoms with Crippen LogP contribution in [0.2, 0.25) is 0 Å². The lowest BCUT2D eigenvalue weighted by molar-refractivity contribution is -0.161. The maximum atomic E-state index is 12.2. The van der Waals surface area contributed by atoms with Gasteiger partial charge in [-0.3, -0.25) is 9.59 Å². The lowest BCUT2D eigenvalue weighted by atomic mass is 10.1. The summed E-state index contributed by atoms with van der Waals surface area (Å²) in [5.41, 5.74) is 0. The number of esters is 2. The second-order valence-corrected chi connectivity index (χ2v) is 12.3. The molecule has 0 aliphatic heterocycles. The molecular weight excluding hydrogens is 620 g/mol. The van der Waals surface area contributed by atoms with Crippen LogP contribution in [0.4, 0.5) is 0 Å². The average molecular weight is 691 g/mol. The van der Waals surface area contributed by atoms with E-state index in [2.05, 4.69) is 123 Å². The van der Waals surface area contributed by atoms with Crippen molar-refractivity contribution < 1.29 is 24.2 Å². The minimum absolute atomic E-state index is 0.116. The van der Waals surface area contributed by atoms with Crippen molar-refractivity contribution in [3.05, 3.63) is 109 Å². The summed E-state index contributed by atoms with van der Waals surface area (Å²) in [5, 5.41) is 9.54. The molecule has 0 unspecified atom stereocenters. The Morgan fingerprint density at radius 3 is 1.32 bits per heavy atom. The standard InChI is InChI=1S/C45H70O5/c1-3-5-7-9-11-13-15-17-19-21-22-24-26-28-30-32-34-36-38-40-45(48)50-43(41-46)42-49-44(47)39-37-35-33-31-29-27-25-23-20-18-16-14-12-10-8-6-4-2/h6,8,11-14,17-20,22,24-25,27-28,30-31,33,43,46H,3-5,7,9-10,15-16,21,23,26,29,32,34-42H2,1-2H3/b8-6-,13-11-,14-12-,19-17-,20-18-,24-22-,27-25-,30-28-,33-31-/t43-/m0/s1. The first kappa shape index (κ1) is 46.6. The van der Waals surface area contributed by atoms with Crippen molar-refractivity contribution in [3.8, 4) is 0 Å². The third-order valence-electron chi connectivity index (χ3n) is 7.55. The van der Waals surface area contributed by atoms with Gasteiger partial charge in [0, 0.05) is 12.8 Å². The lowest BCUT2D eigenvalue weighted by Gasteiger charge is -2.15. The molecule has 0 aromatic rings. The van der Waals surface area contributed by atoms with Crippen molar-refractivity contribution in [3.63, 3.8) is 0 Å². The minimum Gasteiger partial charge on any atom is -0.462 e. The molecule has 50 heavy (non-hydrogen) atoms. The first-order chi connectivity index (χ1) is 24.6. The molecule has 0 amide bonds. The zero-order chi connectivity index (χ0) is 36.4. The third kappa shape index (κ3) is 37.4. The Morgan fingerprint density at radius 1 is 0.480 bits per heavy atom. The Morgan fingerprint density at radius 2 is 0.880 bits per heavy atom. The number of ether oxygens (including phenoxy) is 2. The van der Waals surface area contributed by atoms with Crippen LogP contribution in [-0.4, -0.2) is 36.4 Å². The molecule has 0 aliphatic carbocycles. The third-order valence-corrected chi connectivity index (χ3v) is 7.55. The van der Waals surface area contributed by atoms with E-state index >= 15 is 0 Å². The molecule has 1 atom stereocenters. The number of carbonyl (C=O) groups is 2. The van der Waals surface area contributed by atoms with Gasteiger partial charge in [-0.25, -0.2) is 0 Å². The normalized spacial score (nSPS) is 13.4. The Balaban J connectivity index is 3.78. The SMILES string of the molecule is CC/C=C\C/C=C\C/C=C\C/C=C\C/C=C\CCCC(=O)OC[C@H](CO)OC(=O)CCCCC/C=C\C/C=C\C/C=C\C/C=C\CCCCC. The van der Waals surface area contributed by atoms with Crippen LogP contribution in [0.1, 0.15) is 142 Å². The molecule has 0 saturated heterocycles. The zero-order valence-electron chi connectivity index (χ0n) is 31.6. The van der Waals surface area contributed by atoms with Gasteiger partial charge in [0.05, 0.1) is 6.61 Å². The molecule has 0 aromatic carbocycles. The number of rotatable bonds is 33. The number of hydrogen-bond donors (Lipinski definition) is 1. The fraction of sp³-hybridized carbons (Fsp3) is 0.556. The van der Waals surface area contributed by atoms with E-state index in [4.69, 9.17) is 9.47 Å². The molecule has 1 N–H and O–H groups in total. The molecule has 0 aliphatic rings. The van der Waals surface area contributed by atoms with Crippen LogP contribution in [0.25, 0.3) is 0 Å². The van der Waals surface area contributed by atoms with Gasteiger partial charge in [0.1, 0.15) is 6.61 Å². The van der Waals surface area contributed by atoms with Gasteiger partial charge >= 0.3 is 11.9 Å². The maximum Gasteiger partial charge on any atom is 0.306 e. The highest BCUT2D eigenvalue weighted by atomic mass is 16.6. The van der Waals surface area contributed by atoms with E-state index in [1.54, 1.807) is 0 Å². The fourth-order valence-corrected chi connectivity index (χ4v) is 4.63. The van der Waals surface area contributed by atoms with E-state index in [-0.39, 0.29) is 25.2 Å². The van der Waals surface area contributed by atoms with Crippen molar-refractivity contribution in [1.82, 2.24) is 0 Å². The topological polar surface area (TPSA) is 72.8 Å². The Kier molecular flexibility index (Phi) is 37.2. The summed E-state index contributed by atoms with van der Waals surface area (Å²) in [7, 11) is 0. The molecule has 0 fully saturated rings. The Hall–Kier alpha value is -3.44. The summed E-state index contributed by atoms with van der Waals surface area (Å²) >= 11 is 0. The quantitative estimate of drug-likeness (QED) is 0.0421. The van der Waals surface area contributed by atoms with Gasteiger partial charge < -0.3 is 14.6 Å². The summed E-state index contributed by atoms with van der Waals surface area (Å²) < 4.78 is 10.5. The van der Waals surface area contributed by atoms with Gasteiger partial charge in [-0.05, 0) is 96.3 Å². The van der Waals surface area contributed by atoms with Crippen LogP contribution in [0.5, 0.6) is 0 Å². The van der Waals surface area contributed by atoms with Crippen molar-refractivity contribution >= 4 is 11.9 Å². The van der Waals surface area contributed by atoms with Gasteiger partial charge in [0.25, 0.3) is 0 Å². The molecule has 0 heterocycles. The monoisotopic (exact) mass is 691 g/mol. The molecule has 280 valence electrons. The molecule has 0 saturated carbocycles. The number of allylic oxidation sites excluding steroid dienone is 18. The van der Waals surface area contributed by atoms with E-state index in [0.717, 1.165) is 83.5 Å². The van der Waals surface area contributed by atoms with E-state index in [1.807, 2.05) is 0 Å². The number of hydrogen-bond acceptors (Lipinski definition) is 5. The average Bonchev–Trinajstić information content (AvgIpc) is 3.12. The van der Waals surface area contributed by atoms with Crippen LogP contribution < -0.4 is 0 Å². The molecule has 0 spiro atoms. The smallest absolute Gasteiger partial charge is 0.306 e. The van der Waals surface area contributed by atoms with Crippen LogP contribution >= 0.6 is 0 Å². The number of carbonyl (C=O) groups excluding carboxylic acids is 2. The summed E-state index contributed by atoms with van der Waals surface area (Å²) in [6.45, 7) is 3.89. The van der Waals surface area contributed by atoms with Crippen LogP contribution in [-0.2, 0) is 19.1 Å². The van der Waals surface area contributed by atoms with E-state index in [0.29, 0.717) is 19.3 Å². The van der Waals surface area contributed by atoms with Crippen molar-refractivity contribution in [2.75, 3.05) is 13.2 Å². The minimum atomic E-state index is -0.818. The van der Waals surface area contributed by atoms with E-state index < -0.39 is 6.10 Å². The maximum absolute atomic E-state index is 12.2. The second kappa shape index (κ2) is 40.0. The number of aliphatic hydroxyl groups excluding tert-OH is 1. The highest BCUT2D eigenvalue weighted by molar-refractivity contribution is 5.70. The van der Waals surface area contributed by atoms with Gasteiger partial charge in [0.15, 0.2) is 6.10 Å². The Bertz CT molecular complexity index is 1050. The van der Waals surface area contributed by atoms with Gasteiger partial charge in [-0.15, -0.1) is 0 Å². The zero-order valence-corrected chi connectivity index (χ0v) is 31.6. The van der Waals surface area contributed by atoms with Crippen molar-refractivity contribution in [1.29, 1.82) is 0 Å². The highest BCUT2D eigenvalue weighted by Crippen LogP contribution is 2.08. The summed E-state index contributed by atoms with van der Waals surface area (Å²) in [6.07, 6.45) is 57.2. The summed E-state index contributed by atoms with van der Waals surface area (Å²) in [4.78, 5) is 24.2. The van der Waals surface area contributed by atoms with E-state index in [9.17, 15) is 14.7 Å². The van der Waals surface area contributed by atoms with Crippen LogP contribution in [0.3, 0.4) is 0 Å². The fourth-order valence-electron chi connectivity index (χ4n) is 4.63. The molecular formula is C45H70O5. The van der Waals surface area contributed by atoms with Gasteiger partial charge in [-0.1, -0.05) is 142 Å².